The fraction of sp³-hybridized carbons (Fsp3) is 0.625. The summed E-state index contributed by atoms with van der Waals surface area (Å²) in [5.74, 6) is 1.58. The van der Waals surface area contributed by atoms with Crippen molar-refractivity contribution in [2.45, 2.75) is 18.6 Å². The number of hydrogen-bond donors (Lipinski definition) is 0. The molecule has 0 aromatic heterocycles. The Hall–Kier alpha value is -1.02. The van der Waals surface area contributed by atoms with Crippen molar-refractivity contribution in [3.8, 4) is 11.5 Å². The molecule has 2 atom stereocenters. The molecule has 6 nitrogen and oxygen atoms in total. The van der Waals surface area contributed by atoms with E-state index in [9.17, 15) is 8.42 Å². The van der Waals surface area contributed by atoms with Crippen LogP contribution in [0.4, 0.5) is 0 Å². The number of methoxy groups -OCH3 is 2. The Morgan fingerprint density at radius 2 is 1.88 bits per heavy atom. The van der Waals surface area contributed by atoms with Crippen LogP contribution in [-0.2, 0) is 16.4 Å². The van der Waals surface area contributed by atoms with Gasteiger partial charge in [-0.1, -0.05) is 11.6 Å². The van der Waals surface area contributed by atoms with Crippen LogP contribution in [0.1, 0.15) is 5.56 Å². The zero-order valence-corrected chi connectivity index (χ0v) is 15.7. The second-order valence-electron chi connectivity index (χ2n) is 6.48. The molecule has 0 aliphatic carbocycles. The zero-order chi connectivity index (χ0) is 17.5. The summed E-state index contributed by atoms with van der Waals surface area (Å²) in [6.07, 6.45) is 0. The Morgan fingerprint density at radius 1 is 1.17 bits per heavy atom. The van der Waals surface area contributed by atoms with E-state index in [0.29, 0.717) is 23.1 Å². The lowest BCUT2D eigenvalue weighted by molar-refractivity contribution is 0.0572. The summed E-state index contributed by atoms with van der Waals surface area (Å²) in [7, 11) is 2.16. The van der Waals surface area contributed by atoms with Gasteiger partial charge in [0.05, 0.1) is 30.7 Å². The van der Waals surface area contributed by atoms with Gasteiger partial charge in [-0.15, -0.1) is 0 Å². The maximum Gasteiger partial charge on any atom is 0.179 e. The van der Waals surface area contributed by atoms with Gasteiger partial charge in [0.15, 0.2) is 21.3 Å². The van der Waals surface area contributed by atoms with Crippen molar-refractivity contribution < 1.29 is 17.9 Å². The lowest BCUT2D eigenvalue weighted by atomic mass is 10.0. The van der Waals surface area contributed by atoms with Gasteiger partial charge in [-0.05, 0) is 24.7 Å². The van der Waals surface area contributed by atoms with Gasteiger partial charge in [-0.2, -0.15) is 0 Å². The highest BCUT2D eigenvalue weighted by molar-refractivity contribution is 7.91. The fourth-order valence-corrected chi connectivity index (χ4v) is 6.09. The standard InChI is InChI=1S/C16H23ClN2O4S/c1-18-4-5-19(14-10-24(20,21)9-13(14)18)8-11-6-12(17)16(23-3)15(7-11)22-2/h6-7,13-14H,4-5,8-10H2,1-3H3/t13-,14+/m1/s1. The Morgan fingerprint density at radius 3 is 2.54 bits per heavy atom. The Balaban J connectivity index is 1.84. The molecule has 0 bridgehead atoms. The van der Waals surface area contributed by atoms with Crippen LogP contribution >= 0.6 is 11.6 Å². The van der Waals surface area contributed by atoms with E-state index >= 15 is 0 Å². The second kappa shape index (κ2) is 6.71. The van der Waals surface area contributed by atoms with Crippen LogP contribution in [0.2, 0.25) is 5.02 Å². The Bertz CT molecular complexity index is 725. The molecule has 2 aliphatic heterocycles. The first kappa shape index (κ1) is 17.8. The molecular weight excluding hydrogens is 352 g/mol. The molecule has 0 spiro atoms. The minimum absolute atomic E-state index is 0.0284. The fourth-order valence-electron chi connectivity index (χ4n) is 3.69. The van der Waals surface area contributed by atoms with Gasteiger partial charge in [-0.25, -0.2) is 8.42 Å². The van der Waals surface area contributed by atoms with Gasteiger partial charge in [0.1, 0.15) is 0 Å². The number of ether oxygens (including phenoxy) is 2. The van der Waals surface area contributed by atoms with Crippen LogP contribution in [-0.4, -0.2) is 76.2 Å². The van der Waals surface area contributed by atoms with Crippen LogP contribution in [0.5, 0.6) is 11.5 Å². The maximum absolute atomic E-state index is 12.1. The van der Waals surface area contributed by atoms with E-state index in [1.54, 1.807) is 14.2 Å². The average molecular weight is 375 g/mol. The second-order valence-corrected chi connectivity index (χ2v) is 9.04. The first-order valence-corrected chi connectivity index (χ1v) is 10.1. The van der Waals surface area contributed by atoms with E-state index in [1.165, 1.54) is 0 Å². The van der Waals surface area contributed by atoms with Gasteiger partial charge < -0.3 is 9.47 Å². The molecule has 0 unspecified atom stereocenters. The van der Waals surface area contributed by atoms with Crippen LogP contribution in [0, 0.1) is 0 Å². The first-order chi connectivity index (χ1) is 11.3. The normalized spacial score (nSPS) is 27.0. The predicted octanol–water partition coefficient (Wildman–Crippen LogP) is 1.27. The molecule has 3 rings (SSSR count). The molecular formula is C16H23ClN2O4S. The molecule has 1 aromatic carbocycles. The third kappa shape index (κ3) is 3.35. The summed E-state index contributed by atoms with van der Waals surface area (Å²) in [4.78, 5) is 4.40. The van der Waals surface area contributed by atoms with Crippen LogP contribution in [0.25, 0.3) is 0 Å². The lowest BCUT2D eigenvalue weighted by Gasteiger charge is -2.42. The van der Waals surface area contributed by atoms with E-state index < -0.39 is 9.84 Å². The molecule has 0 N–H and O–H groups in total. The number of sulfone groups is 1. The third-order valence-corrected chi connectivity index (χ3v) is 6.93. The minimum Gasteiger partial charge on any atom is -0.493 e. The van der Waals surface area contributed by atoms with Crippen molar-refractivity contribution >= 4 is 21.4 Å². The highest BCUT2D eigenvalue weighted by Gasteiger charge is 2.45. The number of rotatable bonds is 4. The number of halogens is 1. The molecule has 24 heavy (non-hydrogen) atoms. The number of benzene rings is 1. The largest absolute Gasteiger partial charge is 0.493 e. The molecule has 0 saturated carbocycles. The van der Waals surface area contributed by atoms with E-state index in [0.717, 1.165) is 18.7 Å². The molecule has 2 heterocycles. The number of piperazine rings is 1. The highest BCUT2D eigenvalue weighted by Crippen LogP contribution is 2.37. The Labute approximate surface area is 148 Å². The molecule has 2 aliphatic rings. The van der Waals surface area contributed by atoms with Gasteiger partial charge in [-0.3, -0.25) is 9.80 Å². The number of fused-ring (bicyclic) bond motifs is 1. The summed E-state index contributed by atoms with van der Waals surface area (Å²) >= 11 is 6.28. The average Bonchev–Trinajstić information content (AvgIpc) is 2.86. The topological polar surface area (TPSA) is 59.1 Å². The van der Waals surface area contributed by atoms with Crippen molar-refractivity contribution in [2.75, 3.05) is 45.9 Å². The molecule has 0 radical (unpaired) electrons. The number of hydrogen-bond acceptors (Lipinski definition) is 6. The van der Waals surface area contributed by atoms with Crippen molar-refractivity contribution in [2.24, 2.45) is 0 Å². The lowest BCUT2D eigenvalue weighted by Crippen LogP contribution is -2.57. The van der Waals surface area contributed by atoms with Gasteiger partial charge in [0.25, 0.3) is 0 Å². The quantitative estimate of drug-likeness (QED) is 0.791. The predicted molar refractivity (Wildman–Crippen MR) is 93.8 cm³/mol. The third-order valence-electron chi connectivity index (χ3n) is 4.95. The Kier molecular flexibility index (Phi) is 4.97. The van der Waals surface area contributed by atoms with Gasteiger partial charge in [0.2, 0.25) is 0 Å². The van der Waals surface area contributed by atoms with Crippen LogP contribution in [0.3, 0.4) is 0 Å². The SMILES string of the molecule is COc1cc(CN2CCN(C)[C@@H]3CS(=O)(=O)C[C@@H]32)cc(Cl)c1OC. The van der Waals surface area contributed by atoms with E-state index in [4.69, 9.17) is 21.1 Å². The smallest absolute Gasteiger partial charge is 0.179 e. The highest BCUT2D eigenvalue weighted by atomic mass is 35.5. The molecule has 2 fully saturated rings. The molecule has 8 heteroatoms. The van der Waals surface area contributed by atoms with Crippen LogP contribution < -0.4 is 9.47 Å². The molecule has 2 saturated heterocycles. The van der Waals surface area contributed by atoms with Crippen molar-refractivity contribution in [1.29, 1.82) is 0 Å². The maximum atomic E-state index is 12.1. The summed E-state index contributed by atoms with van der Waals surface area (Å²) < 4.78 is 34.8. The van der Waals surface area contributed by atoms with E-state index in [1.807, 2.05) is 19.2 Å². The summed E-state index contributed by atoms with van der Waals surface area (Å²) in [5, 5.41) is 0.497. The monoisotopic (exact) mass is 374 g/mol. The van der Waals surface area contributed by atoms with Gasteiger partial charge >= 0.3 is 0 Å². The van der Waals surface area contributed by atoms with Crippen molar-refractivity contribution in [3.63, 3.8) is 0 Å². The molecule has 0 amide bonds. The molecule has 1 aromatic rings. The van der Waals surface area contributed by atoms with Crippen LogP contribution in [0.15, 0.2) is 12.1 Å². The number of nitrogens with zero attached hydrogens (tertiary/aromatic N) is 2. The zero-order valence-electron chi connectivity index (χ0n) is 14.2. The summed E-state index contributed by atoms with van der Waals surface area (Å²) in [6.45, 7) is 2.33. The minimum atomic E-state index is -2.97. The van der Waals surface area contributed by atoms with E-state index in [-0.39, 0.29) is 23.6 Å². The van der Waals surface area contributed by atoms with Crippen molar-refractivity contribution in [3.05, 3.63) is 22.7 Å². The first-order valence-electron chi connectivity index (χ1n) is 7.89. The summed E-state index contributed by atoms with van der Waals surface area (Å²) in [5.41, 5.74) is 0.991. The van der Waals surface area contributed by atoms with E-state index in [2.05, 4.69) is 9.80 Å². The summed E-state index contributed by atoms with van der Waals surface area (Å²) in [6, 6.07) is 3.86. The number of likely N-dealkylation sites (N-methyl/N-ethyl adjacent to an activating group) is 1. The van der Waals surface area contributed by atoms with Gasteiger partial charge in [0, 0.05) is 31.7 Å². The molecule has 134 valence electrons. The van der Waals surface area contributed by atoms with Crippen molar-refractivity contribution in [1.82, 2.24) is 9.80 Å².